The van der Waals surface area contributed by atoms with E-state index in [0.29, 0.717) is 29.3 Å². The van der Waals surface area contributed by atoms with Crippen molar-refractivity contribution in [2.75, 3.05) is 16.8 Å². The molecular weight excluding hydrogens is 408 g/mol. The van der Waals surface area contributed by atoms with Crippen molar-refractivity contribution in [3.05, 3.63) is 81.7 Å². The first-order chi connectivity index (χ1) is 15.0. The second-order valence-corrected chi connectivity index (χ2v) is 8.41. The maximum atomic E-state index is 13.5. The van der Waals surface area contributed by atoms with Gasteiger partial charge in [-0.2, -0.15) is 0 Å². The SMILES string of the molecule is CCCOc1cccc(NC2=C(c3cccs3)C(=O)N(c3cc(C)ccc3C)C2=O)c1. The molecule has 0 aliphatic carbocycles. The van der Waals surface area contributed by atoms with Crippen molar-refractivity contribution in [3.8, 4) is 5.75 Å². The van der Waals surface area contributed by atoms with Crippen LogP contribution in [0.3, 0.4) is 0 Å². The molecule has 1 aliphatic rings. The Bertz CT molecular complexity index is 1170. The summed E-state index contributed by atoms with van der Waals surface area (Å²) >= 11 is 1.44. The molecular formula is C25H24N2O3S. The molecule has 6 heteroatoms. The van der Waals surface area contributed by atoms with Crippen LogP contribution in [-0.4, -0.2) is 18.4 Å². The van der Waals surface area contributed by atoms with Crippen molar-refractivity contribution >= 4 is 40.1 Å². The fraction of sp³-hybridized carbons (Fsp3) is 0.200. The van der Waals surface area contributed by atoms with Gasteiger partial charge in [-0.05, 0) is 61.0 Å². The van der Waals surface area contributed by atoms with Crippen molar-refractivity contribution < 1.29 is 14.3 Å². The molecule has 0 spiro atoms. The molecule has 4 rings (SSSR count). The van der Waals surface area contributed by atoms with Crippen LogP contribution in [0, 0.1) is 13.8 Å². The lowest BCUT2D eigenvalue weighted by atomic mass is 10.1. The summed E-state index contributed by atoms with van der Waals surface area (Å²) in [5.74, 6) is 0.0392. The summed E-state index contributed by atoms with van der Waals surface area (Å²) in [6.07, 6.45) is 0.906. The Morgan fingerprint density at radius 3 is 2.58 bits per heavy atom. The van der Waals surface area contributed by atoms with E-state index in [1.54, 1.807) is 0 Å². The predicted octanol–water partition coefficient (Wildman–Crippen LogP) is 5.55. The molecule has 0 unspecified atom stereocenters. The van der Waals surface area contributed by atoms with E-state index in [9.17, 15) is 9.59 Å². The van der Waals surface area contributed by atoms with E-state index < -0.39 is 0 Å². The van der Waals surface area contributed by atoms with E-state index >= 15 is 0 Å². The van der Waals surface area contributed by atoms with Crippen LogP contribution in [0.15, 0.2) is 65.7 Å². The second kappa shape index (κ2) is 8.78. The van der Waals surface area contributed by atoms with Crippen LogP contribution in [0.4, 0.5) is 11.4 Å². The number of amides is 2. The Hall–Kier alpha value is -3.38. The number of nitrogens with zero attached hydrogens (tertiary/aromatic N) is 1. The molecule has 0 saturated heterocycles. The molecule has 0 radical (unpaired) electrons. The maximum Gasteiger partial charge on any atom is 0.282 e. The fourth-order valence-corrected chi connectivity index (χ4v) is 4.27. The van der Waals surface area contributed by atoms with E-state index in [1.165, 1.54) is 16.2 Å². The highest BCUT2D eigenvalue weighted by Crippen LogP contribution is 2.37. The molecule has 158 valence electrons. The van der Waals surface area contributed by atoms with Gasteiger partial charge in [0.05, 0.1) is 17.9 Å². The minimum absolute atomic E-state index is 0.279. The summed E-state index contributed by atoms with van der Waals surface area (Å²) in [6.45, 7) is 6.51. The van der Waals surface area contributed by atoms with Crippen molar-refractivity contribution in [2.24, 2.45) is 0 Å². The lowest BCUT2D eigenvalue weighted by molar-refractivity contribution is -0.120. The number of anilines is 2. The van der Waals surface area contributed by atoms with Crippen LogP contribution in [-0.2, 0) is 9.59 Å². The molecule has 1 N–H and O–H groups in total. The average Bonchev–Trinajstić information content (AvgIpc) is 3.36. The van der Waals surface area contributed by atoms with Crippen LogP contribution in [0.2, 0.25) is 0 Å². The minimum atomic E-state index is -0.359. The van der Waals surface area contributed by atoms with Gasteiger partial charge in [0, 0.05) is 16.6 Å². The first-order valence-corrected chi connectivity index (χ1v) is 11.1. The van der Waals surface area contributed by atoms with Gasteiger partial charge in [0.2, 0.25) is 0 Å². The van der Waals surface area contributed by atoms with Crippen LogP contribution in [0.25, 0.3) is 5.57 Å². The zero-order valence-electron chi connectivity index (χ0n) is 17.8. The second-order valence-electron chi connectivity index (χ2n) is 7.46. The molecule has 5 nitrogen and oxygen atoms in total. The fourth-order valence-electron chi connectivity index (χ4n) is 3.50. The standard InChI is InChI=1S/C25H24N2O3S/c1-4-12-30-19-8-5-7-18(15-19)26-23-22(21-9-6-13-31-21)24(28)27(25(23)29)20-14-16(2)10-11-17(20)3/h5-11,13-15,26H,4,12H2,1-3H3. The molecule has 3 aromatic rings. The zero-order valence-corrected chi connectivity index (χ0v) is 18.6. The predicted molar refractivity (Wildman–Crippen MR) is 125 cm³/mol. The summed E-state index contributed by atoms with van der Waals surface area (Å²) < 4.78 is 5.71. The van der Waals surface area contributed by atoms with Crippen LogP contribution >= 0.6 is 11.3 Å². The lowest BCUT2D eigenvalue weighted by Gasteiger charge is -2.18. The number of rotatable bonds is 7. The van der Waals surface area contributed by atoms with Crippen LogP contribution in [0.5, 0.6) is 5.75 Å². The van der Waals surface area contributed by atoms with Crippen molar-refractivity contribution in [3.63, 3.8) is 0 Å². The first-order valence-electron chi connectivity index (χ1n) is 10.2. The Morgan fingerprint density at radius 2 is 1.84 bits per heavy atom. The summed E-state index contributed by atoms with van der Waals surface area (Å²) in [7, 11) is 0. The zero-order chi connectivity index (χ0) is 22.0. The third-order valence-corrected chi connectivity index (χ3v) is 5.92. The number of carbonyl (C=O) groups is 2. The molecule has 0 fully saturated rings. The number of carbonyl (C=O) groups excluding carboxylic acids is 2. The van der Waals surface area contributed by atoms with Gasteiger partial charge in [-0.1, -0.05) is 31.2 Å². The molecule has 0 bridgehead atoms. The molecule has 1 aliphatic heterocycles. The molecule has 0 atom stereocenters. The summed E-state index contributed by atoms with van der Waals surface area (Å²) in [5, 5.41) is 5.10. The molecule has 2 aromatic carbocycles. The Kier molecular flexibility index (Phi) is 5.91. The van der Waals surface area contributed by atoms with Gasteiger partial charge in [-0.15, -0.1) is 11.3 Å². The van der Waals surface area contributed by atoms with E-state index in [0.717, 1.165) is 22.4 Å². The topological polar surface area (TPSA) is 58.6 Å². The number of nitrogens with one attached hydrogen (secondary N) is 1. The van der Waals surface area contributed by atoms with Crippen molar-refractivity contribution in [2.45, 2.75) is 27.2 Å². The largest absolute Gasteiger partial charge is 0.494 e. The number of aryl methyl sites for hydroxylation is 2. The van der Waals surface area contributed by atoms with Gasteiger partial charge in [-0.25, -0.2) is 4.90 Å². The summed E-state index contributed by atoms with van der Waals surface area (Å²) in [4.78, 5) is 29.0. The first kappa shape index (κ1) is 20.9. The van der Waals surface area contributed by atoms with Gasteiger partial charge in [-0.3, -0.25) is 9.59 Å². The highest BCUT2D eigenvalue weighted by Gasteiger charge is 2.41. The summed E-state index contributed by atoms with van der Waals surface area (Å²) in [6, 6.07) is 16.9. The number of ether oxygens (including phenoxy) is 1. The van der Waals surface area contributed by atoms with E-state index in [1.807, 2.05) is 80.7 Å². The number of benzene rings is 2. The van der Waals surface area contributed by atoms with Gasteiger partial charge < -0.3 is 10.1 Å². The van der Waals surface area contributed by atoms with Gasteiger partial charge in [0.25, 0.3) is 11.8 Å². The molecule has 0 saturated carbocycles. The van der Waals surface area contributed by atoms with Crippen LogP contribution < -0.4 is 15.0 Å². The van der Waals surface area contributed by atoms with Gasteiger partial charge in [0.15, 0.2) is 0 Å². The molecule has 2 amide bonds. The molecule has 31 heavy (non-hydrogen) atoms. The Morgan fingerprint density at radius 1 is 1.00 bits per heavy atom. The smallest absolute Gasteiger partial charge is 0.282 e. The third kappa shape index (κ3) is 4.11. The quantitative estimate of drug-likeness (QED) is 0.497. The highest BCUT2D eigenvalue weighted by atomic mass is 32.1. The molecule has 2 heterocycles. The van der Waals surface area contributed by atoms with Crippen LogP contribution in [0.1, 0.15) is 29.3 Å². The normalized spacial score (nSPS) is 13.8. The Labute approximate surface area is 186 Å². The minimum Gasteiger partial charge on any atom is -0.494 e. The Balaban J connectivity index is 1.75. The summed E-state index contributed by atoms with van der Waals surface area (Å²) in [5.41, 5.74) is 3.83. The average molecular weight is 433 g/mol. The van der Waals surface area contributed by atoms with Gasteiger partial charge in [0.1, 0.15) is 11.4 Å². The number of imide groups is 1. The monoisotopic (exact) mass is 432 g/mol. The highest BCUT2D eigenvalue weighted by molar-refractivity contribution is 7.11. The maximum absolute atomic E-state index is 13.5. The van der Waals surface area contributed by atoms with E-state index in [-0.39, 0.29) is 17.5 Å². The van der Waals surface area contributed by atoms with Crippen molar-refractivity contribution in [1.82, 2.24) is 0 Å². The van der Waals surface area contributed by atoms with E-state index in [4.69, 9.17) is 4.74 Å². The number of hydrogen-bond acceptors (Lipinski definition) is 5. The lowest BCUT2D eigenvalue weighted by Crippen LogP contribution is -2.33. The number of thiophene rings is 1. The van der Waals surface area contributed by atoms with Gasteiger partial charge >= 0.3 is 0 Å². The number of hydrogen-bond donors (Lipinski definition) is 1. The third-order valence-electron chi connectivity index (χ3n) is 5.03. The van der Waals surface area contributed by atoms with E-state index in [2.05, 4.69) is 5.32 Å². The molecule has 1 aromatic heterocycles. The van der Waals surface area contributed by atoms with Crippen molar-refractivity contribution in [1.29, 1.82) is 0 Å².